The van der Waals surface area contributed by atoms with Gasteiger partial charge >= 0.3 is 0 Å². The Morgan fingerprint density at radius 1 is 1.00 bits per heavy atom. The van der Waals surface area contributed by atoms with E-state index in [-0.39, 0.29) is 11.8 Å². The van der Waals surface area contributed by atoms with Crippen LogP contribution >= 0.6 is 11.6 Å². The van der Waals surface area contributed by atoms with Crippen molar-refractivity contribution in [3.8, 4) is 0 Å². The van der Waals surface area contributed by atoms with Gasteiger partial charge in [-0.15, -0.1) is 0 Å². The molecule has 5 heteroatoms. The van der Waals surface area contributed by atoms with Crippen molar-refractivity contribution in [2.45, 2.75) is 26.9 Å². The Balaban J connectivity index is 1.96. The summed E-state index contributed by atoms with van der Waals surface area (Å²) < 4.78 is 0. The van der Waals surface area contributed by atoms with E-state index in [1.165, 1.54) is 0 Å². The Kier molecular flexibility index (Phi) is 6.21. The molecule has 4 nitrogen and oxygen atoms in total. The van der Waals surface area contributed by atoms with Crippen LogP contribution in [-0.2, 0) is 22.7 Å². The Morgan fingerprint density at radius 3 is 2.20 bits per heavy atom. The van der Waals surface area contributed by atoms with Gasteiger partial charge in [0.25, 0.3) is 0 Å². The Bertz CT molecular complexity index is 727. The molecular weight excluding hydrogens is 336 g/mol. The lowest BCUT2D eigenvalue weighted by molar-refractivity contribution is -0.148. The minimum absolute atomic E-state index is 0.218. The van der Waals surface area contributed by atoms with E-state index in [1.807, 2.05) is 42.5 Å². The summed E-state index contributed by atoms with van der Waals surface area (Å²) in [6, 6.07) is 16.9. The van der Waals surface area contributed by atoms with Gasteiger partial charge in [0.15, 0.2) is 0 Å². The van der Waals surface area contributed by atoms with Gasteiger partial charge in [-0.3, -0.25) is 9.59 Å². The van der Waals surface area contributed by atoms with Gasteiger partial charge in [0, 0.05) is 25.2 Å². The number of carbonyl (C=O) groups is 2. The van der Waals surface area contributed by atoms with Crippen LogP contribution in [0.25, 0.3) is 0 Å². The zero-order valence-electron chi connectivity index (χ0n) is 14.8. The summed E-state index contributed by atoms with van der Waals surface area (Å²) in [6.07, 6.45) is 0. The monoisotopic (exact) mass is 358 g/mol. The Labute approximate surface area is 153 Å². The molecule has 2 aromatic rings. The zero-order chi connectivity index (χ0) is 18.4. The molecule has 0 saturated carbocycles. The molecule has 0 saturated heterocycles. The molecule has 2 rings (SSSR count). The molecular formula is C20H23ClN2O2. The summed E-state index contributed by atoms with van der Waals surface area (Å²) in [6.45, 7) is 4.12. The fraction of sp³-hybridized carbons (Fsp3) is 0.300. The highest BCUT2D eigenvalue weighted by Crippen LogP contribution is 2.20. The maximum absolute atomic E-state index is 12.7. The molecule has 0 spiro atoms. The highest BCUT2D eigenvalue weighted by atomic mass is 35.5. The molecule has 0 heterocycles. The first-order chi connectivity index (χ1) is 11.8. The van der Waals surface area contributed by atoms with E-state index < -0.39 is 5.41 Å². The van der Waals surface area contributed by atoms with E-state index >= 15 is 0 Å². The van der Waals surface area contributed by atoms with E-state index in [4.69, 9.17) is 11.6 Å². The number of carbonyl (C=O) groups excluding carboxylic acids is 2. The first kappa shape index (κ1) is 19.0. The number of amides is 2. The third kappa shape index (κ3) is 5.07. The molecule has 2 aromatic carbocycles. The van der Waals surface area contributed by atoms with Crippen molar-refractivity contribution in [3.63, 3.8) is 0 Å². The molecule has 0 fully saturated rings. The van der Waals surface area contributed by atoms with Crippen LogP contribution in [0.15, 0.2) is 54.6 Å². The van der Waals surface area contributed by atoms with Gasteiger partial charge in [-0.25, -0.2) is 0 Å². The normalized spacial score (nSPS) is 11.0. The van der Waals surface area contributed by atoms with Gasteiger partial charge < -0.3 is 10.2 Å². The molecule has 0 aliphatic carbocycles. The third-order valence-electron chi connectivity index (χ3n) is 4.08. The second kappa shape index (κ2) is 8.17. The Hall–Kier alpha value is -2.33. The lowest BCUT2D eigenvalue weighted by Gasteiger charge is -2.28. The van der Waals surface area contributed by atoms with Crippen molar-refractivity contribution in [1.82, 2.24) is 10.2 Å². The lowest BCUT2D eigenvalue weighted by atomic mass is 9.90. The van der Waals surface area contributed by atoms with Crippen LogP contribution < -0.4 is 5.32 Å². The van der Waals surface area contributed by atoms with Gasteiger partial charge in [0.05, 0.1) is 0 Å². The molecule has 0 radical (unpaired) electrons. The summed E-state index contributed by atoms with van der Waals surface area (Å²) in [7, 11) is 1.71. The molecule has 132 valence electrons. The number of rotatable bonds is 6. The number of hydrogen-bond acceptors (Lipinski definition) is 2. The standard InChI is InChI=1S/C20H23ClN2O2/c1-20(2,18(24)22-13-15-9-11-17(21)12-10-15)19(25)23(3)14-16-7-5-4-6-8-16/h4-12H,13-14H2,1-3H3,(H,22,24). The van der Waals surface area contributed by atoms with E-state index in [0.29, 0.717) is 18.1 Å². The molecule has 0 aliphatic heterocycles. The van der Waals surface area contributed by atoms with E-state index in [0.717, 1.165) is 11.1 Å². The molecule has 0 aliphatic rings. The van der Waals surface area contributed by atoms with Crippen LogP contribution in [0.2, 0.25) is 5.02 Å². The number of halogens is 1. The molecule has 0 bridgehead atoms. The Morgan fingerprint density at radius 2 is 1.60 bits per heavy atom. The van der Waals surface area contributed by atoms with Crippen LogP contribution in [0.3, 0.4) is 0 Å². The van der Waals surface area contributed by atoms with Crippen molar-refractivity contribution in [2.75, 3.05) is 7.05 Å². The maximum Gasteiger partial charge on any atom is 0.237 e. The summed E-state index contributed by atoms with van der Waals surface area (Å²) in [5.41, 5.74) is 0.810. The number of nitrogens with one attached hydrogen (secondary N) is 1. The minimum atomic E-state index is -1.14. The predicted molar refractivity (Wildman–Crippen MR) is 100.0 cm³/mol. The molecule has 0 unspecified atom stereocenters. The first-order valence-corrected chi connectivity index (χ1v) is 8.50. The van der Waals surface area contributed by atoms with Crippen molar-refractivity contribution < 1.29 is 9.59 Å². The summed E-state index contributed by atoms with van der Waals surface area (Å²) >= 11 is 5.85. The van der Waals surface area contributed by atoms with E-state index in [2.05, 4.69) is 5.32 Å². The van der Waals surface area contributed by atoms with Crippen LogP contribution in [0.4, 0.5) is 0 Å². The minimum Gasteiger partial charge on any atom is -0.351 e. The van der Waals surface area contributed by atoms with E-state index in [9.17, 15) is 9.59 Å². The predicted octanol–water partition coefficient (Wildman–Crippen LogP) is 3.64. The summed E-state index contributed by atoms with van der Waals surface area (Å²) in [4.78, 5) is 26.8. The van der Waals surface area contributed by atoms with Crippen molar-refractivity contribution >= 4 is 23.4 Å². The highest BCUT2D eigenvalue weighted by molar-refractivity contribution is 6.30. The zero-order valence-corrected chi connectivity index (χ0v) is 15.5. The average Bonchev–Trinajstić information content (AvgIpc) is 2.61. The fourth-order valence-electron chi connectivity index (χ4n) is 2.51. The average molecular weight is 359 g/mol. The summed E-state index contributed by atoms with van der Waals surface area (Å²) in [5, 5.41) is 3.48. The van der Waals surface area contributed by atoms with Crippen LogP contribution in [0.5, 0.6) is 0 Å². The largest absolute Gasteiger partial charge is 0.351 e. The third-order valence-corrected chi connectivity index (χ3v) is 4.33. The highest BCUT2D eigenvalue weighted by Gasteiger charge is 2.37. The first-order valence-electron chi connectivity index (χ1n) is 8.13. The quantitative estimate of drug-likeness (QED) is 0.801. The summed E-state index contributed by atoms with van der Waals surface area (Å²) in [5.74, 6) is -0.516. The number of hydrogen-bond donors (Lipinski definition) is 1. The van der Waals surface area contributed by atoms with Crippen LogP contribution in [0, 0.1) is 5.41 Å². The van der Waals surface area contributed by atoms with Gasteiger partial charge in [-0.1, -0.05) is 54.1 Å². The van der Waals surface area contributed by atoms with Gasteiger partial charge in [0.1, 0.15) is 5.41 Å². The SMILES string of the molecule is CN(Cc1ccccc1)C(=O)C(C)(C)C(=O)NCc1ccc(Cl)cc1. The van der Waals surface area contributed by atoms with Crippen molar-refractivity contribution in [3.05, 3.63) is 70.7 Å². The second-order valence-electron chi connectivity index (χ2n) is 6.58. The lowest BCUT2D eigenvalue weighted by Crippen LogP contribution is -2.48. The molecule has 2 amide bonds. The number of nitrogens with zero attached hydrogens (tertiary/aromatic N) is 1. The van der Waals surface area contributed by atoms with Gasteiger partial charge in [-0.2, -0.15) is 0 Å². The topological polar surface area (TPSA) is 49.4 Å². The molecule has 0 aromatic heterocycles. The van der Waals surface area contributed by atoms with Crippen LogP contribution in [0.1, 0.15) is 25.0 Å². The van der Waals surface area contributed by atoms with Crippen molar-refractivity contribution in [1.29, 1.82) is 0 Å². The van der Waals surface area contributed by atoms with Crippen LogP contribution in [-0.4, -0.2) is 23.8 Å². The van der Waals surface area contributed by atoms with Gasteiger partial charge in [-0.05, 0) is 37.1 Å². The number of benzene rings is 2. The molecule has 25 heavy (non-hydrogen) atoms. The van der Waals surface area contributed by atoms with Gasteiger partial charge in [0.2, 0.25) is 11.8 Å². The fourth-order valence-corrected chi connectivity index (χ4v) is 2.63. The second-order valence-corrected chi connectivity index (χ2v) is 7.02. The van der Waals surface area contributed by atoms with Crippen molar-refractivity contribution in [2.24, 2.45) is 5.41 Å². The molecule has 1 N–H and O–H groups in total. The maximum atomic E-state index is 12.7. The smallest absolute Gasteiger partial charge is 0.237 e. The van der Waals surface area contributed by atoms with E-state index in [1.54, 1.807) is 37.9 Å². The molecule has 0 atom stereocenters.